The van der Waals surface area contributed by atoms with Crippen LogP contribution in [0.5, 0.6) is 0 Å². The molecule has 0 fully saturated rings. The number of aliphatic hydroxyl groups excluding tert-OH is 1. The average Bonchev–Trinajstić information content (AvgIpc) is 2.23. The molecule has 0 spiro atoms. The molecule has 16 heavy (non-hydrogen) atoms. The van der Waals surface area contributed by atoms with Crippen molar-refractivity contribution in [3.8, 4) is 0 Å². The van der Waals surface area contributed by atoms with Gasteiger partial charge in [0, 0.05) is 25.2 Å². The summed E-state index contributed by atoms with van der Waals surface area (Å²) >= 11 is 0. The third kappa shape index (κ3) is 6.64. The number of allylic oxidation sites excluding steroid dienone is 2. The van der Waals surface area contributed by atoms with Gasteiger partial charge in [-0.05, 0) is 33.0 Å². The Bertz CT molecular complexity index is 244. The lowest BCUT2D eigenvalue weighted by atomic mass is 10.1. The maximum absolute atomic E-state index is 9.79. The molecule has 0 aromatic rings. The van der Waals surface area contributed by atoms with E-state index in [9.17, 15) is 5.11 Å². The second-order valence-electron chi connectivity index (χ2n) is 4.45. The molecule has 0 radical (unpaired) electrons. The van der Waals surface area contributed by atoms with Crippen molar-refractivity contribution in [2.45, 2.75) is 20.8 Å². The molecule has 0 saturated carbocycles. The lowest BCUT2D eigenvalue weighted by Gasteiger charge is -2.19. The highest BCUT2D eigenvalue weighted by molar-refractivity contribution is 5.26. The molecule has 0 atom stereocenters. The van der Waals surface area contributed by atoms with Gasteiger partial charge in [-0.15, -0.1) is 0 Å². The van der Waals surface area contributed by atoms with Gasteiger partial charge in [0.05, 0.1) is 0 Å². The first-order valence-corrected chi connectivity index (χ1v) is 5.90. The topological polar surface area (TPSA) is 35.5 Å². The van der Waals surface area contributed by atoms with E-state index in [0.717, 1.165) is 25.2 Å². The largest absolute Gasteiger partial charge is 0.508 e. The van der Waals surface area contributed by atoms with Crippen LogP contribution in [0, 0.1) is 5.92 Å². The van der Waals surface area contributed by atoms with E-state index in [1.807, 2.05) is 14.0 Å². The van der Waals surface area contributed by atoms with E-state index in [2.05, 4.69) is 37.2 Å². The Hall–Kier alpha value is -0.800. The summed E-state index contributed by atoms with van der Waals surface area (Å²) in [5.74, 6) is 0.847. The van der Waals surface area contributed by atoms with Crippen LogP contribution in [0.4, 0.5) is 0 Å². The van der Waals surface area contributed by atoms with E-state index in [1.54, 1.807) is 6.08 Å². The van der Waals surface area contributed by atoms with Crippen LogP contribution < -0.4 is 5.32 Å². The van der Waals surface area contributed by atoms with Gasteiger partial charge in [-0.3, -0.25) is 0 Å². The van der Waals surface area contributed by atoms with Gasteiger partial charge < -0.3 is 15.3 Å². The molecule has 2 N–H and O–H groups in total. The van der Waals surface area contributed by atoms with Crippen molar-refractivity contribution in [3.63, 3.8) is 0 Å². The van der Waals surface area contributed by atoms with E-state index < -0.39 is 0 Å². The minimum atomic E-state index is 0.394. The first kappa shape index (κ1) is 15.2. The molecule has 0 aliphatic rings. The zero-order valence-corrected chi connectivity index (χ0v) is 11.2. The summed E-state index contributed by atoms with van der Waals surface area (Å²) in [6, 6.07) is 0. The second-order valence-corrected chi connectivity index (χ2v) is 4.45. The molecule has 0 aliphatic heterocycles. The van der Waals surface area contributed by atoms with Crippen molar-refractivity contribution >= 4 is 0 Å². The van der Waals surface area contributed by atoms with Gasteiger partial charge in [0.15, 0.2) is 0 Å². The number of aliphatic hydroxyl groups is 1. The van der Waals surface area contributed by atoms with E-state index in [1.165, 1.54) is 0 Å². The summed E-state index contributed by atoms with van der Waals surface area (Å²) in [7, 11) is 4.01. The normalized spacial score (nSPS) is 13.9. The number of nitrogens with one attached hydrogen (secondary N) is 1. The predicted octanol–water partition coefficient (Wildman–Crippen LogP) is 2.18. The van der Waals surface area contributed by atoms with Crippen molar-refractivity contribution in [3.05, 3.63) is 23.5 Å². The smallest absolute Gasteiger partial charge is 0.115 e. The monoisotopic (exact) mass is 226 g/mol. The fourth-order valence-corrected chi connectivity index (χ4v) is 1.48. The van der Waals surface area contributed by atoms with Crippen LogP contribution in [-0.4, -0.2) is 43.7 Å². The highest BCUT2D eigenvalue weighted by Gasteiger charge is 2.07. The zero-order chi connectivity index (χ0) is 12.6. The number of hydrogen-bond donors (Lipinski definition) is 2. The van der Waals surface area contributed by atoms with Gasteiger partial charge >= 0.3 is 0 Å². The number of nitrogens with zero attached hydrogens (tertiary/aromatic N) is 1. The summed E-state index contributed by atoms with van der Waals surface area (Å²) in [5.41, 5.74) is 1.01. The maximum atomic E-state index is 9.79. The van der Waals surface area contributed by atoms with Crippen molar-refractivity contribution in [2.75, 3.05) is 33.7 Å². The Labute approximate surface area is 99.8 Å². The summed E-state index contributed by atoms with van der Waals surface area (Å²) in [6.45, 7) is 8.82. The fourth-order valence-electron chi connectivity index (χ4n) is 1.48. The van der Waals surface area contributed by atoms with Crippen molar-refractivity contribution in [1.29, 1.82) is 0 Å². The SMILES string of the molecule is C/C=C(O)\C(=C/C(C)C)CN(C)CCNC. The third-order valence-corrected chi connectivity index (χ3v) is 2.32. The molecule has 0 aliphatic carbocycles. The Morgan fingerprint density at radius 1 is 1.44 bits per heavy atom. The quantitative estimate of drug-likeness (QED) is 0.516. The minimum absolute atomic E-state index is 0.394. The molecule has 0 saturated heterocycles. The van der Waals surface area contributed by atoms with E-state index in [0.29, 0.717) is 11.7 Å². The predicted molar refractivity (Wildman–Crippen MR) is 70.7 cm³/mol. The van der Waals surface area contributed by atoms with Crippen LogP contribution in [0.15, 0.2) is 23.5 Å². The Morgan fingerprint density at radius 2 is 2.06 bits per heavy atom. The maximum Gasteiger partial charge on any atom is 0.115 e. The van der Waals surface area contributed by atoms with Crippen LogP contribution in [0.1, 0.15) is 20.8 Å². The summed E-state index contributed by atoms with van der Waals surface area (Å²) in [6.07, 6.45) is 3.87. The van der Waals surface area contributed by atoms with Gasteiger partial charge in [-0.2, -0.15) is 0 Å². The molecule has 0 amide bonds. The fraction of sp³-hybridized carbons (Fsp3) is 0.692. The Kier molecular flexibility index (Phi) is 7.95. The van der Waals surface area contributed by atoms with Crippen LogP contribution in [0.2, 0.25) is 0 Å². The van der Waals surface area contributed by atoms with E-state index in [4.69, 9.17) is 0 Å². The third-order valence-electron chi connectivity index (χ3n) is 2.32. The average molecular weight is 226 g/mol. The van der Waals surface area contributed by atoms with E-state index >= 15 is 0 Å². The van der Waals surface area contributed by atoms with Crippen molar-refractivity contribution < 1.29 is 5.11 Å². The molecular weight excluding hydrogens is 200 g/mol. The summed E-state index contributed by atoms with van der Waals surface area (Å²) < 4.78 is 0. The molecule has 0 unspecified atom stereocenters. The molecule has 3 nitrogen and oxygen atoms in total. The number of likely N-dealkylation sites (N-methyl/N-ethyl adjacent to an activating group) is 2. The van der Waals surface area contributed by atoms with E-state index in [-0.39, 0.29) is 0 Å². The van der Waals surface area contributed by atoms with Crippen molar-refractivity contribution in [2.24, 2.45) is 5.92 Å². The van der Waals surface area contributed by atoms with Gasteiger partial charge in [0.2, 0.25) is 0 Å². The van der Waals surface area contributed by atoms with Gasteiger partial charge in [0.1, 0.15) is 5.76 Å². The molecule has 94 valence electrons. The molecule has 0 heterocycles. The summed E-state index contributed by atoms with van der Waals surface area (Å²) in [4.78, 5) is 2.20. The Balaban J connectivity index is 4.44. The number of rotatable bonds is 7. The van der Waals surface area contributed by atoms with Gasteiger partial charge in [0.25, 0.3) is 0 Å². The highest BCUT2D eigenvalue weighted by Crippen LogP contribution is 2.11. The Morgan fingerprint density at radius 3 is 2.50 bits per heavy atom. The first-order chi connectivity index (χ1) is 7.51. The van der Waals surface area contributed by atoms with Crippen LogP contribution in [0.3, 0.4) is 0 Å². The number of hydrogen-bond acceptors (Lipinski definition) is 3. The van der Waals surface area contributed by atoms with Crippen LogP contribution in [0.25, 0.3) is 0 Å². The molecule has 3 heteroatoms. The van der Waals surface area contributed by atoms with Crippen molar-refractivity contribution in [1.82, 2.24) is 10.2 Å². The minimum Gasteiger partial charge on any atom is -0.508 e. The standard InChI is InChI=1S/C13H26N2O/c1-6-13(16)12(9-11(2)3)10-15(5)8-7-14-4/h6,9,11,14,16H,7-8,10H2,1-5H3/b12-9-,13-6+. The lowest BCUT2D eigenvalue weighted by Crippen LogP contribution is -2.29. The molecular formula is C13H26N2O. The molecule has 0 rings (SSSR count). The van der Waals surface area contributed by atoms with Gasteiger partial charge in [-0.1, -0.05) is 19.9 Å². The van der Waals surface area contributed by atoms with Crippen LogP contribution in [-0.2, 0) is 0 Å². The first-order valence-electron chi connectivity index (χ1n) is 5.90. The lowest BCUT2D eigenvalue weighted by molar-refractivity contribution is 0.343. The van der Waals surface area contributed by atoms with Crippen LogP contribution >= 0.6 is 0 Å². The highest BCUT2D eigenvalue weighted by atomic mass is 16.3. The second kappa shape index (κ2) is 8.36. The molecule has 0 aromatic heterocycles. The van der Waals surface area contributed by atoms with Gasteiger partial charge in [-0.25, -0.2) is 0 Å². The summed E-state index contributed by atoms with van der Waals surface area (Å²) in [5, 5.41) is 12.9. The molecule has 0 aromatic carbocycles. The molecule has 0 bridgehead atoms. The zero-order valence-electron chi connectivity index (χ0n) is 11.2.